The summed E-state index contributed by atoms with van der Waals surface area (Å²) in [4.78, 5) is 0. The van der Waals surface area contributed by atoms with E-state index in [2.05, 4.69) is 41.3 Å². The van der Waals surface area contributed by atoms with Gasteiger partial charge < -0.3 is 0 Å². The second-order valence-corrected chi connectivity index (χ2v) is 7.68. The van der Waals surface area contributed by atoms with Gasteiger partial charge in [0.25, 0.3) is 0 Å². The molecule has 1 heterocycles. The van der Waals surface area contributed by atoms with Crippen molar-refractivity contribution in [1.29, 1.82) is 0 Å². The van der Waals surface area contributed by atoms with Gasteiger partial charge in [0.15, 0.2) is 0 Å². The summed E-state index contributed by atoms with van der Waals surface area (Å²) in [5.41, 5.74) is 1.53. The Labute approximate surface area is 66.2 Å². The molecule has 0 spiro atoms. The van der Waals surface area contributed by atoms with Crippen molar-refractivity contribution in [2.75, 3.05) is 6.66 Å². The van der Waals surface area contributed by atoms with Gasteiger partial charge in [-0.3, -0.25) is 0 Å². The largest absolute Gasteiger partial charge is 0.100 e. The Morgan fingerprint density at radius 2 is 1.50 bits per heavy atom. The Hall–Kier alpha value is 0.430. The third kappa shape index (κ3) is 0.720. The molecule has 0 radical (unpaired) electrons. The average Bonchev–Trinajstić information content (AvgIpc) is 1.84. The van der Waals surface area contributed by atoms with E-state index in [1.807, 2.05) is 0 Å². The van der Waals surface area contributed by atoms with E-state index in [0.29, 0.717) is 10.6 Å². The molecule has 10 heavy (non-hydrogen) atoms. The van der Waals surface area contributed by atoms with E-state index in [0.717, 1.165) is 5.66 Å². The molecular formula is C9H19P. The molecule has 2 unspecified atom stereocenters. The summed E-state index contributed by atoms with van der Waals surface area (Å²) in [5.74, 6) is 0. The molecule has 0 aromatic rings. The van der Waals surface area contributed by atoms with Gasteiger partial charge in [-0.25, -0.2) is 0 Å². The molecule has 1 aliphatic rings. The fourth-order valence-corrected chi connectivity index (χ4v) is 5.03. The van der Waals surface area contributed by atoms with Crippen LogP contribution in [0.25, 0.3) is 0 Å². The Balaban J connectivity index is 2.82. The minimum atomic E-state index is 0.290. The molecule has 1 fully saturated rings. The molecule has 0 aromatic heterocycles. The van der Waals surface area contributed by atoms with E-state index < -0.39 is 0 Å². The summed E-state index contributed by atoms with van der Waals surface area (Å²) < 4.78 is 0. The number of rotatable bonds is 0. The van der Waals surface area contributed by atoms with Crippen molar-refractivity contribution in [3.8, 4) is 0 Å². The number of hydrogen-bond donors (Lipinski definition) is 0. The standard InChI is InChI=1S/C9H19P/c1-7-8(2,3)9(4,5)10(7)6/h7H,1-6H3. The van der Waals surface area contributed by atoms with Crippen LogP contribution in [-0.2, 0) is 0 Å². The van der Waals surface area contributed by atoms with Crippen molar-refractivity contribution in [1.82, 2.24) is 0 Å². The van der Waals surface area contributed by atoms with Crippen LogP contribution < -0.4 is 0 Å². The van der Waals surface area contributed by atoms with Crippen molar-refractivity contribution in [2.24, 2.45) is 5.41 Å². The lowest BCUT2D eigenvalue weighted by molar-refractivity contribution is 0.226. The Bertz CT molecular complexity index is 129. The van der Waals surface area contributed by atoms with Crippen LogP contribution >= 0.6 is 7.92 Å². The van der Waals surface area contributed by atoms with Gasteiger partial charge in [-0.05, 0) is 22.9 Å². The van der Waals surface area contributed by atoms with Gasteiger partial charge in [0.1, 0.15) is 0 Å². The summed E-state index contributed by atoms with van der Waals surface area (Å²) in [6.45, 7) is 14.5. The van der Waals surface area contributed by atoms with Crippen LogP contribution in [0, 0.1) is 5.41 Å². The third-order valence-electron chi connectivity index (χ3n) is 4.08. The Kier molecular flexibility index (Phi) is 1.68. The Morgan fingerprint density at radius 1 is 1.10 bits per heavy atom. The lowest BCUT2D eigenvalue weighted by Gasteiger charge is -2.63. The van der Waals surface area contributed by atoms with Crippen LogP contribution in [0.4, 0.5) is 0 Å². The molecule has 0 aliphatic carbocycles. The maximum Gasteiger partial charge on any atom is -0.00938 e. The molecular weight excluding hydrogens is 139 g/mol. The summed E-state index contributed by atoms with van der Waals surface area (Å²) in [7, 11) is 0.290. The monoisotopic (exact) mass is 158 g/mol. The van der Waals surface area contributed by atoms with Crippen LogP contribution in [0.2, 0.25) is 0 Å². The van der Waals surface area contributed by atoms with Crippen molar-refractivity contribution in [2.45, 2.75) is 45.4 Å². The lowest BCUT2D eigenvalue weighted by Crippen LogP contribution is -2.55. The molecule has 0 amide bonds. The van der Waals surface area contributed by atoms with Gasteiger partial charge in [0.2, 0.25) is 0 Å². The van der Waals surface area contributed by atoms with Crippen molar-refractivity contribution in [3.05, 3.63) is 0 Å². The van der Waals surface area contributed by atoms with Gasteiger partial charge in [-0.15, -0.1) is 7.92 Å². The van der Waals surface area contributed by atoms with Gasteiger partial charge in [-0.1, -0.05) is 34.6 Å². The first-order chi connectivity index (χ1) is 4.32. The highest BCUT2D eigenvalue weighted by atomic mass is 31.1. The summed E-state index contributed by atoms with van der Waals surface area (Å²) in [6.07, 6.45) is 0. The smallest absolute Gasteiger partial charge is 0.00938 e. The minimum Gasteiger partial charge on any atom is -0.100 e. The summed E-state index contributed by atoms with van der Waals surface area (Å²) >= 11 is 0. The van der Waals surface area contributed by atoms with Gasteiger partial charge in [0, 0.05) is 0 Å². The predicted octanol–water partition coefficient (Wildman–Crippen LogP) is 3.31. The fourth-order valence-electron chi connectivity index (χ4n) is 1.87. The highest BCUT2D eigenvalue weighted by Gasteiger charge is 2.56. The van der Waals surface area contributed by atoms with Crippen molar-refractivity contribution in [3.63, 3.8) is 0 Å². The normalized spacial score (nSPS) is 42.6. The molecule has 2 atom stereocenters. The van der Waals surface area contributed by atoms with Gasteiger partial charge in [-0.2, -0.15) is 0 Å². The van der Waals surface area contributed by atoms with Crippen LogP contribution in [-0.4, -0.2) is 17.5 Å². The first kappa shape index (κ1) is 8.53. The molecule has 60 valence electrons. The minimum absolute atomic E-state index is 0.290. The Morgan fingerprint density at radius 3 is 1.60 bits per heavy atom. The summed E-state index contributed by atoms with van der Waals surface area (Å²) in [6, 6.07) is 0. The molecule has 1 rings (SSSR count). The first-order valence-corrected chi connectivity index (χ1v) is 5.90. The zero-order chi connectivity index (χ0) is 8.15. The van der Waals surface area contributed by atoms with E-state index in [9.17, 15) is 0 Å². The molecule has 1 heteroatoms. The van der Waals surface area contributed by atoms with E-state index in [1.54, 1.807) is 0 Å². The quantitative estimate of drug-likeness (QED) is 0.474. The zero-order valence-electron chi connectivity index (χ0n) is 8.02. The van der Waals surface area contributed by atoms with Crippen LogP contribution in [0.3, 0.4) is 0 Å². The highest BCUT2D eigenvalue weighted by Crippen LogP contribution is 2.73. The van der Waals surface area contributed by atoms with Crippen molar-refractivity contribution < 1.29 is 0 Å². The fraction of sp³-hybridized carbons (Fsp3) is 1.00. The van der Waals surface area contributed by atoms with E-state index in [-0.39, 0.29) is 7.92 Å². The van der Waals surface area contributed by atoms with E-state index >= 15 is 0 Å². The van der Waals surface area contributed by atoms with Gasteiger partial charge in [0.05, 0.1) is 0 Å². The van der Waals surface area contributed by atoms with Gasteiger partial charge >= 0.3 is 0 Å². The highest BCUT2D eigenvalue weighted by molar-refractivity contribution is 7.61. The molecule has 0 aromatic carbocycles. The maximum atomic E-state index is 2.44. The van der Waals surface area contributed by atoms with Crippen LogP contribution in [0.1, 0.15) is 34.6 Å². The average molecular weight is 158 g/mol. The SMILES string of the molecule is CC1P(C)C(C)(C)C1(C)C. The molecule has 1 saturated heterocycles. The lowest BCUT2D eigenvalue weighted by atomic mass is 9.76. The second kappa shape index (κ2) is 1.97. The molecule has 0 N–H and O–H groups in total. The van der Waals surface area contributed by atoms with Crippen LogP contribution in [0.15, 0.2) is 0 Å². The second-order valence-electron chi connectivity index (χ2n) is 4.57. The third-order valence-corrected chi connectivity index (χ3v) is 8.23. The van der Waals surface area contributed by atoms with Crippen LogP contribution in [0.5, 0.6) is 0 Å². The first-order valence-electron chi connectivity index (χ1n) is 4.05. The maximum absolute atomic E-state index is 2.44. The zero-order valence-corrected chi connectivity index (χ0v) is 8.92. The van der Waals surface area contributed by atoms with E-state index in [4.69, 9.17) is 0 Å². The summed E-state index contributed by atoms with van der Waals surface area (Å²) in [5, 5.41) is 0.613. The molecule has 0 nitrogen and oxygen atoms in total. The topological polar surface area (TPSA) is 0 Å². The molecule has 1 aliphatic heterocycles. The van der Waals surface area contributed by atoms with Crippen molar-refractivity contribution >= 4 is 7.92 Å². The molecule has 0 saturated carbocycles. The predicted molar refractivity (Wildman–Crippen MR) is 50.2 cm³/mol. The van der Waals surface area contributed by atoms with E-state index in [1.165, 1.54) is 0 Å². The number of hydrogen-bond acceptors (Lipinski definition) is 0. The molecule has 0 bridgehead atoms.